The number of nitrogens with zero attached hydrogens (tertiary/aromatic N) is 2. The Labute approximate surface area is 209 Å². The van der Waals surface area contributed by atoms with Gasteiger partial charge in [-0.05, 0) is 47.2 Å². The van der Waals surface area contributed by atoms with Crippen LogP contribution in [0.3, 0.4) is 0 Å². The maximum atomic E-state index is 14.3. The number of fused-ring (bicyclic) bond motifs is 1. The highest BCUT2D eigenvalue weighted by atomic mass is 19.1. The van der Waals surface area contributed by atoms with E-state index in [1.54, 1.807) is 24.3 Å². The Hall–Kier alpha value is -4.00. The lowest BCUT2D eigenvalue weighted by atomic mass is 9.87. The number of aromatic nitrogens is 1. The zero-order valence-electron chi connectivity index (χ0n) is 20.5. The molecule has 0 spiro atoms. The lowest BCUT2D eigenvalue weighted by Crippen LogP contribution is -2.27. The molecule has 1 heterocycles. The number of nitrogens with one attached hydrogen (secondary N) is 1. The molecule has 4 rings (SSSR count). The second-order valence-corrected chi connectivity index (χ2v) is 9.50. The summed E-state index contributed by atoms with van der Waals surface area (Å²) in [5.41, 5.74) is 3.28. The van der Waals surface area contributed by atoms with E-state index in [-0.39, 0.29) is 18.0 Å². The third kappa shape index (κ3) is 5.97. The zero-order chi connectivity index (χ0) is 25.7. The maximum absolute atomic E-state index is 14.3. The molecule has 4 aromatic rings. The van der Waals surface area contributed by atoms with Crippen molar-refractivity contribution in [1.29, 1.82) is 0 Å². The molecule has 0 saturated carbocycles. The fourth-order valence-corrected chi connectivity index (χ4v) is 4.50. The summed E-state index contributed by atoms with van der Waals surface area (Å²) >= 11 is 0. The van der Waals surface area contributed by atoms with Crippen LogP contribution < -0.4 is 5.32 Å². The number of amides is 1. The molecule has 1 unspecified atom stereocenters. The van der Waals surface area contributed by atoms with Crippen molar-refractivity contribution in [1.82, 2.24) is 9.88 Å². The van der Waals surface area contributed by atoms with E-state index in [1.165, 1.54) is 18.2 Å². The van der Waals surface area contributed by atoms with Crippen LogP contribution in [0.4, 0.5) is 10.1 Å². The number of hydrogen-bond acceptors (Lipinski definition) is 3. The Morgan fingerprint density at radius 3 is 2.53 bits per heavy atom. The van der Waals surface area contributed by atoms with E-state index in [0.29, 0.717) is 30.0 Å². The number of benzene rings is 3. The van der Waals surface area contributed by atoms with Crippen LogP contribution in [0.25, 0.3) is 10.9 Å². The lowest BCUT2D eigenvalue weighted by Gasteiger charge is -2.18. The van der Waals surface area contributed by atoms with Gasteiger partial charge in [-0.15, -0.1) is 0 Å². The molecule has 36 heavy (non-hydrogen) atoms. The molecule has 186 valence electrons. The van der Waals surface area contributed by atoms with Crippen molar-refractivity contribution in [3.05, 3.63) is 112 Å². The van der Waals surface area contributed by atoms with Crippen molar-refractivity contribution in [3.63, 3.8) is 0 Å². The topological polar surface area (TPSA) is 77.2 Å². The van der Waals surface area contributed by atoms with Crippen LogP contribution in [0.5, 0.6) is 0 Å². The molecular weight excluding hydrogens is 457 g/mol. The van der Waals surface area contributed by atoms with Gasteiger partial charge in [-0.1, -0.05) is 56.3 Å². The monoisotopic (exact) mass is 487 g/mol. The van der Waals surface area contributed by atoms with Crippen LogP contribution in [0.2, 0.25) is 0 Å². The van der Waals surface area contributed by atoms with E-state index in [9.17, 15) is 19.3 Å². The standard InChI is InChI=1S/C29H30FN3O3/c1-20(2)13-14-31-29(34)17-25(22-9-6-10-23(30)15-22)27-19-32(18-21-7-4-3-5-8-21)28-12-11-24(33(35)36)16-26(27)28/h3-12,15-16,19-20,25H,13-14,17-18H2,1-2H3,(H,31,34). The Balaban J connectivity index is 1.80. The van der Waals surface area contributed by atoms with Gasteiger partial charge in [0, 0.05) is 54.7 Å². The van der Waals surface area contributed by atoms with Crippen LogP contribution in [0.1, 0.15) is 49.3 Å². The van der Waals surface area contributed by atoms with Gasteiger partial charge in [-0.25, -0.2) is 4.39 Å². The minimum atomic E-state index is -0.471. The van der Waals surface area contributed by atoms with Gasteiger partial charge in [0.25, 0.3) is 5.69 Å². The molecule has 0 saturated heterocycles. The van der Waals surface area contributed by atoms with Crippen molar-refractivity contribution in [2.45, 2.75) is 39.2 Å². The SMILES string of the molecule is CC(C)CCNC(=O)CC(c1cccc(F)c1)c1cn(Cc2ccccc2)c2ccc([N+](=O)[O-])cc12. The van der Waals surface area contributed by atoms with Gasteiger partial charge in [-0.2, -0.15) is 0 Å². The first-order valence-corrected chi connectivity index (χ1v) is 12.1. The maximum Gasteiger partial charge on any atom is 0.270 e. The van der Waals surface area contributed by atoms with Crippen LogP contribution in [0.15, 0.2) is 79.0 Å². The predicted octanol–water partition coefficient (Wildman–Crippen LogP) is 6.42. The van der Waals surface area contributed by atoms with Crippen LogP contribution in [-0.2, 0) is 11.3 Å². The first-order chi connectivity index (χ1) is 17.3. The number of hydrogen-bond donors (Lipinski definition) is 1. The second-order valence-electron chi connectivity index (χ2n) is 9.50. The zero-order valence-corrected chi connectivity index (χ0v) is 20.5. The highest BCUT2D eigenvalue weighted by Gasteiger charge is 2.24. The summed E-state index contributed by atoms with van der Waals surface area (Å²) < 4.78 is 16.3. The van der Waals surface area contributed by atoms with E-state index >= 15 is 0 Å². The highest BCUT2D eigenvalue weighted by molar-refractivity contribution is 5.88. The smallest absolute Gasteiger partial charge is 0.270 e. The number of halogens is 1. The molecule has 1 atom stereocenters. The van der Waals surface area contributed by atoms with Gasteiger partial charge in [0.2, 0.25) is 5.91 Å². The van der Waals surface area contributed by atoms with Crippen LogP contribution in [0, 0.1) is 21.8 Å². The normalized spacial score (nSPS) is 12.1. The van der Waals surface area contributed by atoms with Gasteiger partial charge in [0.05, 0.1) is 4.92 Å². The summed E-state index contributed by atoms with van der Waals surface area (Å²) in [5.74, 6) is -0.543. The average Bonchev–Trinajstić information content (AvgIpc) is 3.20. The molecule has 0 bridgehead atoms. The third-order valence-electron chi connectivity index (χ3n) is 6.36. The molecule has 3 aromatic carbocycles. The average molecular weight is 488 g/mol. The van der Waals surface area contributed by atoms with Gasteiger partial charge in [0.15, 0.2) is 0 Å². The van der Waals surface area contributed by atoms with Crippen molar-refractivity contribution in [3.8, 4) is 0 Å². The largest absolute Gasteiger partial charge is 0.356 e. The molecule has 7 heteroatoms. The molecule has 0 aliphatic rings. The molecular formula is C29H30FN3O3. The summed E-state index contributed by atoms with van der Waals surface area (Å²) in [6.45, 7) is 5.31. The number of non-ortho nitro benzene ring substituents is 1. The second kappa shape index (κ2) is 11.2. The van der Waals surface area contributed by atoms with Gasteiger partial charge < -0.3 is 9.88 Å². The van der Waals surface area contributed by atoms with Crippen LogP contribution >= 0.6 is 0 Å². The number of rotatable bonds is 10. The molecule has 6 nitrogen and oxygen atoms in total. The minimum absolute atomic E-state index is 0.0272. The van der Waals surface area contributed by atoms with E-state index < -0.39 is 16.7 Å². The van der Waals surface area contributed by atoms with Crippen molar-refractivity contribution in [2.24, 2.45) is 5.92 Å². The summed E-state index contributed by atoms with van der Waals surface area (Å²) in [6, 6.07) is 20.9. The Bertz CT molecular complexity index is 1360. The highest BCUT2D eigenvalue weighted by Crippen LogP contribution is 2.37. The third-order valence-corrected chi connectivity index (χ3v) is 6.36. The predicted molar refractivity (Wildman–Crippen MR) is 139 cm³/mol. The molecule has 0 fully saturated rings. The molecule has 0 aliphatic heterocycles. The molecule has 0 radical (unpaired) electrons. The number of nitro groups is 1. The molecule has 0 aliphatic carbocycles. The van der Waals surface area contributed by atoms with E-state index in [2.05, 4.69) is 19.2 Å². The van der Waals surface area contributed by atoms with Crippen LogP contribution in [-0.4, -0.2) is 21.9 Å². The van der Waals surface area contributed by atoms with E-state index in [1.807, 2.05) is 41.1 Å². The van der Waals surface area contributed by atoms with E-state index in [0.717, 1.165) is 23.1 Å². The fraction of sp³-hybridized carbons (Fsp3) is 0.276. The Kier molecular flexibility index (Phi) is 7.78. The van der Waals surface area contributed by atoms with Gasteiger partial charge >= 0.3 is 0 Å². The van der Waals surface area contributed by atoms with Gasteiger partial charge in [-0.3, -0.25) is 14.9 Å². The van der Waals surface area contributed by atoms with Crippen molar-refractivity contribution >= 4 is 22.5 Å². The molecule has 1 N–H and O–H groups in total. The van der Waals surface area contributed by atoms with Gasteiger partial charge in [0.1, 0.15) is 5.82 Å². The quantitative estimate of drug-likeness (QED) is 0.207. The molecule has 1 amide bonds. The van der Waals surface area contributed by atoms with E-state index in [4.69, 9.17) is 0 Å². The fourth-order valence-electron chi connectivity index (χ4n) is 4.50. The van der Waals surface area contributed by atoms with Crippen molar-refractivity contribution in [2.75, 3.05) is 6.54 Å². The first-order valence-electron chi connectivity index (χ1n) is 12.1. The summed E-state index contributed by atoms with van der Waals surface area (Å²) in [7, 11) is 0. The number of carbonyl (C=O) groups is 1. The lowest BCUT2D eigenvalue weighted by molar-refractivity contribution is -0.384. The number of nitro benzene ring substituents is 1. The molecule has 1 aromatic heterocycles. The summed E-state index contributed by atoms with van der Waals surface area (Å²) in [6.07, 6.45) is 2.91. The minimum Gasteiger partial charge on any atom is -0.356 e. The van der Waals surface area contributed by atoms with Crippen molar-refractivity contribution < 1.29 is 14.1 Å². The summed E-state index contributed by atoms with van der Waals surface area (Å²) in [4.78, 5) is 24.1. The summed E-state index contributed by atoms with van der Waals surface area (Å²) in [5, 5.41) is 15.2. The number of carbonyl (C=O) groups excluding carboxylic acids is 1. The Morgan fingerprint density at radius 2 is 1.83 bits per heavy atom. The first kappa shape index (κ1) is 25.1. The Morgan fingerprint density at radius 1 is 1.06 bits per heavy atom.